The molecule has 1 fully saturated rings. The van der Waals surface area contributed by atoms with Crippen LogP contribution in [0.5, 0.6) is 0 Å². The first kappa shape index (κ1) is 16.1. The van der Waals surface area contributed by atoms with Gasteiger partial charge in [-0.15, -0.1) is 10.2 Å². The Morgan fingerprint density at radius 3 is 3.12 bits per heavy atom. The third kappa shape index (κ3) is 2.78. The van der Waals surface area contributed by atoms with Crippen LogP contribution < -0.4 is 0 Å². The summed E-state index contributed by atoms with van der Waals surface area (Å²) < 4.78 is 20.8. The summed E-state index contributed by atoms with van der Waals surface area (Å²) in [7, 11) is 0. The average Bonchev–Trinajstić information content (AvgIpc) is 3.11. The summed E-state index contributed by atoms with van der Waals surface area (Å²) >= 11 is -2.19. The fraction of sp³-hybridized carbons (Fsp3) is 0.375. The molecule has 3 unspecified atom stereocenters. The van der Waals surface area contributed by atoms with E-state index >= 15 is 0 Å². The predicted octanol–water partition coefficient (Wildman–Crippen LogP) is 1.76. The maximum Gasteiger partial charge on any atom is 0.200 e. The van der Waals surface area contributed by atoms with E-state index in [1.807, 2.05) is 24.5 Å². The molecule has 0 radical (unpaired) electrons. The van der Waals surface area contributed by atoms with Gasteiger partial charge in [0.2, 0.25) is 0 Å². The van der Waals surface area contributed by atoms with Crippen LogP contribution in [0.25, 0.3) is 21.9 Å². The van der Waals surface area contributed by atoms with Gasteiger partial charge in [0.25, 0.3) is 0 Å². The fourth-order valence-electron chi connectivity index (χ4n) is 3.62. The van der Waals surface area contributed by atoms with Crippen molar-refractivity contribution in [3.05, 3.63) is 30.2 Å². The molecule has 25 heavy (non-hydrogen) atoms. The summed E-state index contributed by atoms with van der Waals surface area (Å²) in [6.07, 6.45) is 7.14. The van der Waals surface area contributed by atoms with Crippen LogP contribution in [0.4, 0.5) is 0 Å². The highest BCUT2D eigenvalue weighted by molar-refractivity contribution is 7.80. The third-order valence-electron chi connectivity index (χ3n) is 4.73. The SMILES string of the molecule is N#CC(N1CCCC(c2cncc3nnc4[nH]ccc4c23)C1)S(=O)O. The molecule has 0 aromatic carbocycles. The topological polar surface area (TPSA) is 119 Å². The molecule has 4 heterocycles. The number of likely N-dealkylation sites (tertiary alicyclic amines) is 1. The molecule has 3 atom stereocenters. The number of nitrogens with one attached hydrogen (secondary N) is 1. The Morgan fingerprint density at radius 1 is 1.44 bits per heavy atom. The standard InChI is InChI=1S/C16H16N6O2S/c17-6-14(25(23)24)22-5-1-2-10(9-22)12-7-18-8-13-15(12)11-3-4-19-16(11)21-20-13/h3-4,7-8,10,14H,1-2,5,9H2,(H,19,21)(H,23,24). The summed E-state index contributed by atoms with van der Waals surface area (Å²) in [4.78, 5) is 9.15. The number of pyridine rings is 1. The Hall–Kier alpha value is -2.41. The van der Waals surface area contributed by atoms with Crippen molar-refractivity contribution in [1.82, 2.24) is 25.1 Å². The minimum atomic E-state index is -2.19. The van der Waals surface area contributed by atoms with Crippen LogP contribution in [0.1, 0.15) is 24.3 Å². The Balaban J connectivity index is 1.78. The van der Waals surface area contributed by atoms with Crippen LogP contribution in [0, 0.1) is 11.3 Å². The highest BCUT2D eigenvalue weighted by Gasteiger charge is 2.31. The van der Waals surface area contributed by atoms with Gasteiger partial charge in [0, 0.05) is 36.3 Å². The second kappa shape index (κ2) is 6.48. The molecule has 0 aliphatic carbocycles. The molecule has 8 nitrogen and oxygen atoms in total. The summed E-state index contributed by atoms with van der Waals surface area (Å²) in [5, 5.41) is 18.6. The molecule has 3 aromatic rings. The molecule has 9 heteroatoms. The van der Waals surface area contributed by atoms with E-state index in [0.29, 0.717) is 13.1 Å². The molecule has 1 saturated heterocycles. The Morgan fingerprint density at radius 2 is 2.32 bits per heavy atom. The maximum absolute atomic E-state index is 11.4. The summed E-state index contributed by atoms with van der Waals surface area (Å²) in [5.41, 5.74) is 2.49. The minimum absolute atomic E-state index is 0.117. The smallest absolute Gasteiger partial charge is 0.200 e. The number of nitriles is 1. The zero-order chi connectivity index (χ0) is 17.4. The third-order valence-corrected chi connectivity index (χ3v) is 5.52. The molecule has 0 amide bonds. The number of piperidine rings is 1. The number of aromatic amines is 1. The van der Waals surface area contributed by atoms with E-state index in [4.69, 9.17) is 0 Å². The number of hydrogen-bond acceptors (Lipinski definition) is 6. The van der Waals surface area contributed by atoms with Gasteiger partial charge in [-0.05, 0) is 30.4 Å². The van der Waals surface area contributed by atoms with Gasteiger partial charge in [-0.1, -0.05) is 0 Å². The maximum atomic E-state index is 11.4. The molecule has 1 aliphatic rings. The average molecular weight is 356 g/mol. The summed E-state index contributed by atoms with van der Waals surface area (Å²) in [6, 6.07) is 3.91. The van der Waals surface area contributed by atoms with Gasteiger partial charge in [-0.3, -0.25) is 9.88 Å². The second-order valence-electron chi connectivity index (χ2n) is 6.15. The van der Waals surface area contributed by atoms with E-state index in [1.165, 1.54) is 0 Å². The van der Waals surface area contributed by atoms with Gasteiger partial charge in [0.15, 0.2) is 22.1 Å². The normalized spacial score (nSPS) is 21.2. The van der Waals surface area contributed by atoms with Crippen molar-refractivity contribution < 1.29 is 8.76 Å². The quantitative estimate of drug-likeness (QED) is 0.686. The molecule has 3 aromatic heterocycles. The van der Waals surface area contributed by atoms with E-state index < -0.39 is 16.5 Å². The molecule has 2 N–H and O–H groups in total. The predicted molar refractivity (Wildman–Crippen MR) is 92.9 cm³/mol. The molecule has 0 bridgehead atoms. The van der Waals surface area contributed by atoms with Gasteiger partial charge in [0.1, 0.15) is 5.52 Å². The molecule has 128 valence electrons. The number of fused-ring (bicyclic) bond motifs is 3. The first-order valence-corrected chi connectivity index (χ1v) is 9.16. The molecular weight excluding hydrogens is 340 g/mol. The lowest BCUT2D eigenvalue weighted by Crippen LogP contribution is -2.43. The highest BCUT2D eigenvalue weighted by atomic mass is 32.2. The molecule has 4 rings (SSSR count). The second-order valence-corrected chi connectivity index (χ2v) is 7.15. The number of H-pyrrole nitrogens is 1. The Bertz CT molecular complexity index is 997. The van der Waals surface area contributed by atoms with Crippen molar-refractivity contribution in [2.24, 2.45) is 0 Å². The van der Waals surface area contributed by atoms with Crippen LogP contribution in [0.15, 0.2) is 24.7 Å². The monoisotopic (exact) mass is 356 g/mol. The lowest BCUT2D eigenvalue weighted by Gasteiger charge is -2.34. The van der Waals surface area contributed by atoms with E-state index in [9.17, 15) is 14.0 Å². The number of aromatic nitrogens is 4. The van der Waals surface area contributed by atoms with Crippen LogP contribution >= 0.6 is 0 Å². The van der Waals surface area contributed by atoms with Crippen molar-refractivity contribution in [3.8, 4) is 6.07 Å². The van der Waals surface area contributed by atoms with Crippen molar-refractivity contribution in [3.63, 3.8) is 0 Å². The Labute approximate surface area is 146 Å². The van der Waals surface area contributed by atoms with Crippen molar-refractivity contribution >= 4 is 33.0 Å². The fourth-order valence-corrected chi connectivity index (χ4v) is 4.16. The summed E-state index contributed by atoms with van der Waals surface area (Å²) in [6.45, 7) is 1.18. The van der Waals surface area contributed by atoms with E-state index in [0.717, 1.165) is 40.3 Å². The first-order valence-electron chi connectivity index (χ1n) is 7.99. The number of nitrogens with zero attached hydrogens (tertiary/aromatic N) is 5. The van der Waals surface area contributed by atoms with Gasteiger partial charge in [-0.2, -0.15) is 5.26 Å². The van der Waals surface area contributed by atoms with Crippen LogP contribution in [0.2, 0.25) is 0 Å². The van der Waals surface area contributed by atoms with Crippen LogP contribution in [-0.4, -0.2) is 52.3 Å². The molecule has 1 aliphatic heterocycles. The van der Waals surface area contributed by atoms with Gasteiger partial charge >= 0.3 is 0 Å². The zero-order valence-electron chi connectivity index (χ0n) is 13.3. The summed E-state index contributed by atoms with van der Waals surface area (Å²) in [5.74, 6) is 0.117. The molecule has 0 spiro atoms. The van der Waals surface area contributed by atoms with Gasteiger partial charge in [0.05, 0.1) is 12.3 Å². The zero-order valence-corrected chi connectivity index (χ0v) is 14.1. The van der Waals surface area contributed by atoms with Gasteiger partial charge in [-0.25, -0.2) is 4.21 Å². The first-order chi connectivity index (χ1) is 12.2. The van der Waals surface area contributed by atoms with Crippen molar-refractivity contribution in [2.75, 3.05) is 13.1 Å². The number of hydrogen-bond donors (Lipinski definition) is 2. The lowest BCUT2D eigenvalue weighted by molar-refractivity contribution is 0.210. The largest absolute Gasteiger partial charge is 0.345 e. The molecular formula is C16H16N6O2S. The van der Waals surface area contributed by atoms with Crippen molar-refractivity contribution in [2.45, 2.75) is 24.1 Å². The Kier molecular flexibility index (Phi) is 4.17. The number of rotatable bonds is 3. The van der Waals surface area contributed by atoms with E-state index in [2.05, 4.69) is 20.2 Å². The van der Waals surface area contributed by atoms with E-state index in [1.54, 1.807) is 11.1 Å². The van der Waals surface area contributed by atoms with Crippen LogP contribution in [-0.2, 0) is 11.1 Å². The lowest BCUT2D eigenvalue weighted by atomic mass is 9.89. The minimum Gasteiger partial charge on any atom is -0.345 e. The highest BCUT2D eigenvalue weighted by Crippen LogP contribution is 2.34. The van der Waals surface area contributed by atoms with E-state index in [-0.39, 0.29) is 5.92 Å². The van der Waals surface area contributed by atoms with Crippen molar-refractivity contribution in [1.29, 1.82) is 5.26 Å². The molecule has 0 saturated carbocycles. The van der Waals surface area contributed by atoms with Crippen LogP contribution in [0.3, 0.4) is 0 Å². The van der Waals surface area contributed by atoms with Gasteiger partial charge < -0.3 is 9.54 Å².